The molecule has 10 aliphatic rings. The second-order valence-electron chi connectivity index (χ2n) is 17.6. The van der Waals surface area contributed by atoms with Crippen LogP contribution in [0.5, 0.6) is 0 Å². The first-order valence-corrected chi connectivity index (χ1v) is 20.5. The molecular formula is C41H60O11. The summed E-state index contributed by atoms with van der Waals surface area (Å²) < 4.78 is 60.2. The SMILES string of the molecule is C=C1C[C@@H]2CC[C@@]34C[C@H]5O[C@H]6[C@@H](O3)[C@H]3O[C@H](CC[C@@H]3O[C@H]6[C@H]5O4)CC(=O)C[C@@H]3[C@@H](OC)[C@@H](C[C@H](O)CC)O[C@H]3CC3O[C@@H](CCC1O2)C[C@@H](C)C3=C. The third-order valence-electron chi connectivity index (χ3n) is 14.2. The van der Waals surface area contributed by atoms with Crippen LogP contribution >= 0.6 is 0 Å². The lowest BCUT2D eigenvalue weighted by Gasteiger charge is -2.47. The van der Waals surface area contributed by atoms with Crippen LogP contribution in [-0.4, -0.2) is 121 Å². The summed E-state index contributed by atoms with van der Waals surface area (Å²) in [5, 5.41) is 10.7. The highest BCUT2D eigenvalue weighted by molar-refractivity contribution is 5.79. The molecule has 12 bridgehead atoms. The molecule has 0 aromatic heterocycles. The number of ether oxygens (including phenoxy) is 9. The molecule has 10 aliphatic heterocycles. The lowest BCUT2D eigenvalue weighted by Crippen LogP contribution is -2.61. The Morgan fingerprint density at radius 1 is 0.788 bits per heavy atom. The number of hydrogen-bond acceptors (Lipinski definition) is 11. The minimum atomic E-state index is -0.772. The van der Waals surface area contributed by atoms with E-state index in [0.29, 0.717) is 50.9 Å². The Labute approximate surface area is 308 Å². The second kappa shape index (κ2) is 14.4. The molecule has 52 heavy (non-hydrogen) atoms. The van der Waals surface area contributed by atoms with E-state index in [1.807, 2.05) is 6.92 Å². The number of hydrogen-bond donors (Lipinski definition) is 1. The number of carbonyl (C=O) groups is 1. The zero-order chi connectivity index (χ0) is 35.9. The van der Waals surface area contributed by atoms with Gasteiger partial charge in [0.05, 0.1) is 67.1 Å². The van der Waals surface area contributed by atoms with Crippen LogP contribution in [0.1, 0.15) is 104 Å². The molecule has 19 atom stereocenters. The van der Waals surface area contributed by atoms with Crippen molar-refractivity contribution in [1.82, 2.24) is 0 Å². The monoisotopic (exact) mass is 728 g/mol. The van der Waals surface area contributed by atoms with E-state index in [2.05, 4.69) is 20.1 Å². The average Bonchev–Trinajstić information content (AvgIpc) is 3.79. The summed E-state index contributed by atoms with van der Waals surface area (Å²) in [6.07, 6.45) is 6.32. The van der Waals surface area contributed by atoms with E-state index in [1.165, 1.54) is 0 Å². The summed E-state index contributed by atoms with van der Waals surface area (Å²) >= 11 is 0. The van der Waals surface area contributed by atoms with Gasteiger partial charge in [0.2, 0.25) is 0 Å². The number of methoxy groups -OCH3 is 1. The number of ketones is 1. The van der Waals surface area contributed by atoms with Gasteiger partial charge in [-0.05, 0) is 68.4 Å². The van der Waals surface area contributed by atoms with Crippen molar-refractivity contribution in [1.29, 1.82) is 0 Å². The van der Waals surface area contributed by atoms with Gasteiger partial charge in [0, 0.05) is 51.6 Å². The number of Topliss-reactive ketones (excluding diaryl/α,β-unsaturated/α-hetero) is 1. The Morgan fingerprint density at radius 3 is 2.37 bits per heavy atom. The molecule has 11 heteroatoms. The molecule has 1 N–H and O–H groups in total. The molecule has 1 spiro atoms. The van der Waals surface area contributed by atoms with Crippen LogP contribution in [0.4, 0.5) is 0 Å². The van der Waals surface area contributed by atoms with Crippen LogP contribution in [0.15, 0.2) is 24.3 Å². The summed E-state index contributed by atoms with van der Waals surface area (Å²) in [6.45, 7) is 13.1. The first-order chi connectivity index (χ1) is 25.1. The first kappa shape index (κ1) is 36.4. The van der Waals surface area contributed by atoms with Crippen molar-refractivity contribution in [3.05, 3.63) is 24.3 Å². The van der Waals surface area contributed by atoms with Crippen molar-refractivity contribution in [3.8, 4) is 0 Å². The van der Waals surface area contributed by atoms with E-state index < -0.39 is 11.9 Å². The van der Waals surface area contributed by atoms with Crippen LogP contribution in [0.25, 0.3) is 0 Å². The molecule has 11 nitrogen and oxygen atoms in total. The van der Waals surface area contributed by atoms with Gasteiger partial charge in [-0.1, -0.05) is 27.0 Å². The Morgan fingerprint density at radius 2 is 1.54 bits per heavy atom. The summed E-state index contributed by atoms with van der Waals surface area (Å²) in [4.78, 5) is 14.1. The lowest BCUT2D eigenvalue weighted by molar-refractivity contribution is -0.292. The Kier molecular flexibility index (Phi) is 10.0. The molecule has 0 aromatic carbocycles. The molecule has 290 valence electrons. The van der Waals surface area contributed by atoms with Gasteiger partial charge < -0.3 is 47.7 Å². The maximum Gasteiger partial charge on any atom is 0.172 e. The van der Waals surface area contributed by atoms with Gasteiger partial charge in [-0.2, -0.15) is 0 Å². The van der Waals surface area contributed by atoms with Gasteiger partial charge >= 0.3 is 0 Å². The van der Waals surface area contributed by atoms with Gasteiger partial charge in [-0.25, -0.2) is 0 Å². The molecule has 0 aliphatic carbocycles. The normalized spacial score (nSPS) is 52.4. The number of aliphatic hydroxyl groups excluding tert-OH is 1. The third-order valence-corrected chi connectivity index (χ3v) is 14.2. The smallest absolute Gasteiger partial charge is 0.172 e. The van der Waals surface area contributed by atoms with Crippen molar-refractivity contribution in [2.24, 2.45) is 11.8 Å². The summed E-state index contributed by atoms with van der Waals surface area (Å²) in [7, 11) is 1.69. The molecule has 2 unspecified atom stereocenters. The summed E-state index contributed by atoms with van der Waals surface area (Å²) in [5.74, 6) is -0.530. The Bertz CT molecular complexity index is 1370. The minimum Gasteiger partial charge on any atom is -0.393 e. The van der Waals surface area contributed by atoms with E-state index >= 15 is 0 Å². The Balaban J connectivity index is 0.994. The van der Waals surface area contributed by atoms with E-state index in [1.54, 1.807) is 7.11 Å². The van der Waals surface area contributed by atoms with Crippen molar-refractivity contribution in [2.75, 3.05) is 7.11 Å². The summed E-state index contributed by atoms with van der Waals surface area (Å²) in [6, 6.07) is 0. The molecule has 0 radical (unpaired) electrons. The van der Waals surface area contributed by atoms with Crippen molar-refractivity contribution in [2.45, 2.75) is 207 Å². The number of fused-ring (bicyclic) bond motifs is 6. The topological polar surface area (TPSA) is 120 Å². The fourth-order valence-corrected chi connectivity index (χ4v) is 11.4. The zero-order valence-corrected chi connectivity index (χ0v) is 31.2. The molecule has 0 aromatic rings. The maximum absolute atomic E-state index is 14.1. The highest BCUT2D eigenvalue weighted by atomic mass is 16.8. The Hall–Kier alpha value is -1.25. The molecule has 0 saturated carbocycles. The van der Waals surface area contributed by atoms with Gasteiger partial charge in [0.15, 0.2) is 5.79 Å². The molecule has 10 rings (SSSR count). The standard InChI is InChI=1S/C41H60O11/c1-6-23(42)17-33-35(44-5)28-16-24(43)15-26-8-10-30-36(47-26)40-39-38(49-30)37-34(50-39)19-41(51-37,52-40)12-11-27-14-21(3)29(45-27)9-7-25-13-20(2)22(4)31(46-25)18-32(28)48-33/h20,23,25-40,42H,3-4,6-19H2,1-2,5H3/t20-,23-,25+,26-,27+,28+,29?,30+,31?,32+,33-,34-,35-,36+,37+,38+,39-,40+,41+/m1/s1. The van der Waals surface area contributed by atoms with E-state index in [9.17, 15) is 9.90 Å². The lowest BCUT2D eigenvalue weighted by atomic mass is 9.81. The average molecular weight is 729 g/mol. The van der Waals surface area contributed by atoms with Crippen LogP contribution < -0.4 is 0 Å². The quantitative estimate of drug-likeness (QED) is 0.399. The number of aliphatic hydroxyl groups is 1. The van der Waals surface area contributed by atoms with Crippen LogP contribution in [0.2, 0.25) is 0 Å². The van der Waals surface area contributed by atoms with E-state index in [-0.39, 0.29) is 103 Å². The van der Waals surface area contributed by atoms with Crippen molar-refractivity contribution in [3.63, 3.8) is 0 Å². The largest absolute Gasteiger partial charge is 0.393 e. The highest BCUT2D eigenvalue weighted by Crippen LogP contribution is 2.54. The molecule has 10 saturated heterocycles. The van der Waals surface area contributed by atoms with Crippen molar-refractivity contribution >= 4 is 5.78 Å². The molecule has 10 heterocycles. The third kappa shape index (κ3) is 6.60. The maximum atomic E-state index is 14.1. The summed E-state index contributed by atoms with van der Waals surface area (Å²) in [5.41, 5.74) is 2.23. The van der Waals surface area contributed by atoms with E-state index in [4.69, 9.17) is 42.6 Å². The number of rotatable bonds is 4. The molecule has 0 amide bonds. The fourth-order valence-electron chi connectivity index (χ4n) is 11.4. The van der Waals surface area contributed by atoms with Crippen LogP contribution in [0.3, 0.4) is 0 Å². The zero-order valence-electron chi connectivity index (χ0n) is 31.2. The molecular weight excluding hydrogens is 668 g/mol. The van der Waals surface area contributed by atoms with Gasteiger partial charge in [0.1, 0.15) is 36.3 Å². The first-order valence-electron chi connectivity index (χ1n) is 20.5. The van der Waals surface area contributed by atoms with Gasteiger partial charge in [-0.15, -0.1) is 0 Å². The predicted molar refractivity (Wildman–Crippen MR) is 187 cm³/mol. The van der Waals surface area contributed by atoms with Crippen molar-refractivity contribution < 1.29 is 52.5 Å². The minimum absolute atomic E-state index is 0.00556. The van der Waals surface area contributed by atoms with Crippen LogP contribution in [0, 0.1) is 11.8 Å². The van der Waals surface area contributed by atoms with Gasteiger partial charge in [-0.3, -0.25) is 4.79 Å². The molecule has 10 fully saturated rings. The highest BCUT2D eigenvalue weighted by Gasteiger charge is 2.68. The number of carbonyl (C=O) groups excluding carboxylic acids is 1. The predicted octanol–water partition coefficient (Wildman–Crippen LogP) is 4.89. The van der Waals surface area contributed by atoms with E-state index in [0.717, 1.165) is 56.1 Å². The van der Waals surface area contributed by atoms with Gasteiger partial charge in [0.25, 0.3) is 0 Å². The second-order valence-corrected chi connectivity index (χ2v) is 17.6. The fraction of sp³-hybridized carbons (Fsp3) is 0.878. The van der Waals surface area contributed by atoms with Crippen LogP contribution in [-0.2, 0) is 47.4 Å².